The van der Waals surface area contributed by atoms with Crippen LogP contribution in [0.5, 0.6) is 0 Å². The van der Waals surface area contributed by atoms with Crippen molar-refractivity contribution >= 4 is 17.7 Å². The molecular formula is C18H26N2O3. The molecule has 1 saturated heterocycles. The number of fused-ring (bicyclic) bond motifs is 1. The smallest absolute Gasteiger partial charge is 0.233 e. The summed E-state index contributed by atoms with van der Waals surface area (Å²) in [6, 6.07) is 0.260. The van der Waals surface area contributed by atoms with Crippen molar-refractivity contribution in [2.45, 2.75) is 57.9 Å². The Kier molecular flexibility index (Phi) is 4.83. The van der Waals surface area contributed by atoms with E-state index in [0.29, 0.717) is 12.8 Å². The first-order valence-electron chi connectivity index (χ1n) is 8.86. The number of likely N-dealkylation sites (tertiary alicyclic amines) is 1. The summed E-state index contributed by atoms with van der Waals surface area (Å²) in [6.07, 6.45) is 9.86. The molecule has 1 aliphatic heterocycles. The van der Waals surface area contributed by atoms with Crippen LogP contribution >= 0.6 is 0 Å². The lowest BCUT2D eigenvalue weighted by Crippen LogP contribution is -2.40. The fourth-order valence-electron chi connectivity index (χ4n) is 4.01. The average Bonchev–Trinajstić information content (AvgIpc) is 2.80. The van der Waals surface area contributed by atoms with Crippen molar-refractivity contribution in [1.29, 1.82) is 0 Å². The number of allylic oxidation sites excluding steroid dienone is 2. The summed E-state index contributed by atoms with van der Waals surface area (Å²) >= 11 is 0. The maximum Gasteiger partial charge on any atom is 0.233 e. The maximum absolute atomic E-state index is 12.3. The Morgan fingerprint density at radius 1 is 1.09 bits per heavy atom. The van der Waals surface area contributed by atoms with Gasteiger partial charge in [-0.25, -0.2) is 0 Å². The lowest BCUT2D eigenvalue weighted by atomic mass is 9.85. The molecule has 5 nitrogen and oxygen atoms in total. The Balaban J connectivity index is 1.47. The summed E-state index contributed by atoms with van der Waals surface area (Å²) < 4.78 is 0. The molecule has 3 aliphatic rings. The van der Waals surface area contributed by atoms with Crippen molar-refractivity contribution in [3.63, 3.8) is 0 Å². The molecule has 0 aromatic rings. The lowest BCUT2D eigenvalue weighted by molar-refractivity contribution is -0.140. The van der Waals surface area contributed by atoms with Gasteiger partial charge in [0.15, 0.2) is 0 Å². The van der Waals surface area contributed by atoms with E-state index >= 15 is 0 Å². The Morgan fingerprint density at radius 3 is 2.22 bits per heavy atom. The van der Waals surface area contributed by atoms with E-state index in [1.54, 1.807) is 0 Å². The van der Waals surface area contributed by atoms with Crippen LogP contribution in [0.15, 0.2) is 12.2 Å². The molecule has 0 bridgehead atoms. The molecule has 0 radical (unpaired) electrons. The van der Waals surface area contributed by atoms with Crippen LogP contribution in [0.1, 0.15) is 51.9 Å². The zero-order valence-corrected chi connectivity index (χ0v) is 13.8. The molecule has 0 unspecified atom stereocenters. The molecule has 1 saturated carbocycles. The number of carbonyl (C=O) groups excluding carboxylic acids is 3. The number of nitrogens with one attached hydrogen (secondary N) is 1. The molecule has 126 valence electrons. The minimum Gasteiger partial charge on any atom is -0.353 e. The van der Waals surface area contributed by atoms with E-state index < -0.39 is 0 Å². The van der Waals surface area contributed by atoms with Crippen molar-refractivity contribution in [2.24, 2.45) is 17.8 Å². The third-order valence-electron chi connectivity index (χ3n) is 5.54. The number of imide groups is 1. The number of nitrogens with zero attached hydrogens (tertiary/aromatic N) is 1. The quantitative estimate of drug-likeness (QED) is 0.637. The Morgan fingerprint density at radius 2 is 1.65 bits per heavy atom. The Labute approximate surface area is 137 Å². The van der Waals surface area contributed by atoms with E-state index in [1.807, 2.05) is 12.2 Å². The molecule has 2 atom stereocenters. The third kappa shape index (κ3) is 3.48. The second kappa shape index (κ2) is 6.85. The molecule has 1 heterocycles. The number of hydrogen-bond acceptors (Lipinski definition) is 3. The van der Waals surface area contributed by atoms with Crippen LogP contribution in [0.4, 0.5) is 0 Å². The molecule has 2 fully saturated rings. The highest BCUT2D eigenvalue weighted by atomic mass is 16.2. The highest BCUT2D eigenvalue weighted by molar-refractivity contribution is 6.05. The monoisotopic (exact) mass is 318 g/mol. The van der Waals surface area contributed by atoms with Crippen LogP contribution in [0.2, 0.25) is 0 Å². The second-order valence-corrected chi connectivity index (χ2v) is 7.26. The van der Waals surface area contributed by atoms with Crippen LogP contribution in [0.3, 0.4) is 0 Å². The predicted octanol–water partition coefficient (Wildman–Crippen LogP) is 2.02. The number of hydrogen-bond donors (Lipinski definition) is 1. The van der Waals surface area contributed by atoms with Crippen molar-refractivity contribution in [3.8, 4) is 0 Å². The van der Waals surface area contributed by atoms with E-state index in [2.05, 4.69) is 12.2 Å². The third-order valence-corrected chi connectivity index (χ3v) is 5.54. The molecule has 3 rings (SSSR count). The standard InChI is InChI=1S/C18H26N2O3/c1-12-6-8-13(9-7-12)19-16(21)10-11-20-17(22)14-4-2-3-5-15(14)18(20)23/h2-3,12-15H,4-11H2,1H3,(H,19,21)/t12?,13?,14-,15-/m1/s1. The predicted molar refractivity (Wildman–Crippen MR) is 86.3 cm³/mol. The normalized spacial score (nSPS) is 33.7. The van der Waals surface area contributed by atoms with E-state index in [-0.39, 0.29) is 48.6 Å². The largest absolute Gasteiger partial charge is 0.353 e. The van der Waals surface area contributed by atoms with Gasteiger partial charge in [0.05, 0.1) is 11.8 Å². The minimum atomic E-state index is -0.199. The minimum absolute atomic E-state index is 0.0434. The van der Waals surface area contributed by atoms with Gasteiger partial charge in [-0.1, -0.05) is 19.1 Å². The molecule has 0 aromatic carbocycles. The van der Waals surface area contributed by atoms with Crippen LogP contribution in [-0.2, 0) is 14.4 Å². The van der Waals surface area contributed by atoms with Gasteiger partial charge in [0.25, 0.3) is 0 Å². The molecule has 5 heteroatoms. The highest BCUT2D eigenvalue weighted by Gasteiger charge is 2.46. The maximum atomic E-state index is 12.3. The van der Waals surface area contributed by atoms with Crippen LogP contribution in [0, 0.1) is 17.8 Å². The fourth-order valence-corrected chi connectivity index (χ4v) is 4.01. The van der Waals surface area contributed by atoms with Crippen molar-refractivity contribution in [3.05, 3.63) is 12.2 Å². The summed E-state index contributed by atoms with van der Waals surface area (Å²) in [7, 11) is 0. The molecule has 2 aliphatic carbocycles. The summed E-state index contributed by atoms with van der Waals surface area (Å²) in [6.45, 7) is 2.47. The average molecular weight is 318 g/mol. The first-order chi connectivity index (χ1) is 11.1. The van der Waals surface area contributed by atoms with Gasteiger partial charge in [-0.15, -0.1) is 0 Å². The van der Waals surface area contributed by atoms with Crippen LogP contribution < -0.4 is 5.32 Å². The molecular weight excluding hydrogens is 292 g/mol. The fraction of sp³-hybridized carbons (Fsp3) is 0.722. The Hall–Kier alpha value is -1.65. The molecule has 0 aromatic heterocycles. The summed E-state index contributed by atoms with van der Waals surface area (Å²) in [4.78, 5) is 38.1. The number of rotatable bonds is 4. The van der Waals surface area contributed by atoms with Crippen molar-refractivity contribution in [2.75, 3.05) is 6.54 Å². The van der Waals surface area contributed by atoms with Gasteiger partial charge in [-0.05, 0) is 44.4 Å². The van der Waals surface area contributed by atoms with Gasteiger partial charge in [-0.3, -0.25) is 19.3 Å². The van der Waals surface area contributed by atoms with E-state index in [4.69, 9.17) is 0 Å². The Bertz CT molecular complexity index is 494. The summed E-state index contributed by atoms with van der Waals surface area (Å²) in [5.74, 6) is 0.121. The first-order valence-corrected chi connectivity index (χ1v) is 8.86. The van der Waals surface area contributed by atoms with Crippen LogP contribution in [-0.4, -0.2) is 35.2 Å². The van der Waals surface area contributed by atoms with E-state index in [1.165, 1.54) is 4.90 Å². The van der Waals surface area contributed by atoms with Crippen molar-refractivity contribution in [1.82, 2.24) is 10.2 Å². The summed E-state index contributed by atoms with van der Waals surface area (Å²) in [5.41, 5.74) is 0. The van der Waals surface area contributed by atoms with Gasteiger partial charge >= 0.3 is 0 Å². The van der Waals surface area contributed by atoms with Gasteiger partial charge in [-0.2, -0.15) is 0 Å². The number of carbonyl (C=O) groups is 3. The van der Waals surface area contributed by atoms with E-state index in [0.717, 1.165) is 31.6 Å². The molecule has 3 amide bonds. The van der Waals surface area contributed by atoms with Gasteiger partial charge in [0.1, 0.15) is 0 Å². The lowest BCUT2D eigenvalue weighted by Gasteiger charge is -2.27. The molecule has 23 heavy (non-hydrogen) atoms. The van der Waals surface area contributed by atoms with Gasteiger partial charge < -0.3 is 5.32 Å². The van der Waals surface area contributed by atoms with Gasteiger partial charge in [0, 0.05) is 19.0 Å². The SMILES string of the molecule is CC1CCC(NC(=O)CCN2C(=O)[C@@H]3CC=CC[C@H]3C2=O)CC1. The van der Waals surface area contributed by atoms with Gasteiger partial charge in [0.2, 0.25) is 17.7 Å². The molecule has 1 N–H and O–H groups in total. The first kappa shape index (κ1) is 16.2. The van der Waals surface area contributed by atoms with Crippen LogP contribution in [0.25, 0.3) is 0 Å². The number of amides is 3. The zero-order chi connectivity index (χ0) is 16.4. The van der Waals surface area contributed by atoms with E-state index in [9.17, 15) is 14.4 Å². The highest BCUT2D eigenvalue weighted by Crippen LogP contribution is 2.35. The topological polar surface area (TPSA) is 66.5 Å². The second-order valence-electron chi connectivity index (χ2n) is 7.26. The van der Waals surface area contributed by atoms with Crippen molar-refractivity contribution < 1.29 is 14.4 Å². The summed E-state index contributed by atoms with van der Waals surface area (Å²) in [5, 5.41) is 3.06. The zero-order valence-electron chi connectivity index (χ0n) is 13.8. The molecule has 0 spiro atoms.